The van der Waals surface area contributed by atoms with Crippen molar-refractivity contribution >= 4 is 11.9 Å². The second kappa shape index (κ2) is 5.68. The van der Waals surface area contributed by atoms with Crippen LogP contribution in [-0.4, -0.2) is 25.1 Å². The second-order valence-electron chi connectivity index (χ2n) is 5.20. The first-order valence-corrected chi connectivity index (χ1v) is 7.03. The van der Waals surface area contributed by atoms with Gasteiger partial charge in [-0.3, -0.25) is 4.79 Å². The summed E-state index contributed by atoms with van der Waals surface area (Å²) in [5, 5.41) is 9.98. The zero-order valence-corrected chi connectivity index (χ0v) is 13.0. The van der Waals surface area contributed by atoms with Gasteiger partial charge in [0.15, 0.2) is 5.76 Å². The highest BCUT2D eigenvalue weighted by Crippen LogP contribution is 2.39. The maximum Gasteiger partial charge on any atom is 0.235 e. The summed E-state index contributed by atoms with van der Waals surface area (Å²) < 4.78 is 16.1. The van der Waals surface area contributed by atoms with Gasteiger partial charge >= 0.3 is 0 Å². The smallest absolute Gasteiger partial charge is 0.235 e. The number of aryl methyl sites for hydroxylation is 1. The van der Waals surface area contributed by atoms with Crippen LogP contribution in [0.4, 0.5) is 0 Å². The van der Waals surface area contributed by atoms with Crippen LogP contribution in [0, 0.1) is 6.92 Å². The number of allylic oxidation sites excluding steroid dienone is 1. The molecule has 1 N–H and O–H groups in total. The van der Waals surface area contributed by atoms with Crippen LogP contribution < -0.4 is 14.2 Å². The minimum absolute atomic E-state index is 0.0778. The molecule has 2 aromatic carbocycles. The molecule has 0 aromatic heterocycles. The van der Waals surface area contributed by atoms with Gasteiger partial charge in [-0.05, 0) is 48.9 Å². The van der Waals surface area contributed by atoms with Gasteiger partial charge < -0.3 is 19.3 Å². The van der Waals surface area contributed by atoms with E-state index in [1.807, 2.05) is 6.92 Å². The first kappa shape index (κ1) is 15.0. The minimum atomic E-state index is -0.359. The van der Waals surface area contributed by atoms with Gasteiger partial charge in [-0.2, -0.15) is 0 Å². The van der Waals surface area contributed by atoms with Crippen molar-refractivity contribution in [2.75, 3.05) is 14.2 Å². The lowest BCUT2D eigenvalue weighted by Gasteiger charge is -2.07. The third kappa shape index (κ3) is 2.61. The molecule has 0 aliphatic carbocycles. The zero-order chi connectivity index (χ0) is 16.6. The maximum atomic E-state index is 12.5. The van der Waals surface area contributed by atoms with Gasteiger partial charge in [-0.25, -0.2) is 0 Å². The first-order valence-electron chi connectivity index (χ1n) is 7.03. The fourth-order valence-electron chi connectivity index (χ4n) is 2.52. The summed E-state index contributed by atoms with van der Waals surface area (Å²) >= 11 is 0. The van der Waals surface area contributed by atoms with Crippen LogP contribution >= 0.6 is 0 Å². The average molecular weight is 312 g/mol. The summed E-state index contributed by atoms with van der Waals surface area (Å²) in [5.41, 5.74) is 1.65. The number of hydrogen-bond acceptors (Lipinski definition) is 5. The number of phenolic OH excluding ortho intramolecular Hbond substituents is 1. The molecule has 0 saturated heterocycles. The van der Waals surface area contributed by atoms with Crippen molar-refractivity contribution < 1.29 is 24.1 Å². The summed E-state index contributed by atoms with van der Waals surface area (Å²) in [5.74, 6) is 1.28. The lowest BCUT2D eigenvalue weighted by atomic mass is 10.1. The molecule has 5 nitrogen and oxygen atoms in total. The van der Waals surface area contributed by atoms with Crippen LogP contribution in [0.25, 0.3) is 6.08 Å². The number of carbonyl (C=O) groups excluding carboxylic acids is 1. The Morgan fingerprint density at radius 2 is 1.91 bits per heavy atom. The summed E-state index contributed by atoms with van der Waals surface area (Å²) in [6.45, 7) is 1.82. The van der Waals surface area contributed by atoms with Crippen molar-refractivity contribution in [1.82, 2.24) is 0 Å². The number of rotatable bonds is 3. The molecule has 118 valence electrons. The summed E-state index contributed by atoms with van der Waals surface area (Å²) in [6.07, 6.45) is 1.58. The van der Waals surface area contributed by atoms with Crippen molar-refractivity contribution in [3.8, 4) is 23.0 Å². The van der Waals surface area contributed by atoms with Crippen LogP contribution in [0.5, 0.6) is 23.0 Å². The lowest BCUT2D eigenvalue weighted by Crippen LogP contribution is -1.99. The van der Waals surface area contributed by atoms with E-state index < -0.39 is 0 Å². The Labute approximate surface area is 133 Å². The molecule has 0 amide bonds. The number of ether oxygens (including phenoxy) is 3. The lowest BCUT2D eigenvalue weighted by molar-refractivity contribution is 0.101. The molecule has 0 spiro atoms. The Morgan fingerprint density at radius 1 is 1.13 bits per heavy atom. The van der Waals surface area contributed by atoms with E-state index in [1.165, 1.54) is 6.07 Å². The van der Waals surface area contributed by atoms with E-state index in [1.54, 1.807) is 44.6 Å². The second-order valence-corrected chi connectivity index (χ2v) is 5.20. The Bertz CT molecular complexity index is 820. The number of carbonyl (C=O) groups is 1. The van der Waals surface area contributed by atoms with Gasteiger partial charge in [0.1, 0.15) is 28.6 Å². The molecule has 0 bridgehead atoms. The minimum Gasteiger partial charge on any atom is -0.507 e. The van der Waals surface area contributed by atoms with Gasteiger partial charge in [0.25, 0.3) is 0 Å². The molecule has 0 saturated carbocycles. The van der Waals surface area contributed by atoms with Gasteiger partial charge in [-0.1, -0.05) is 0 Å². The molecule has 1 aliphatic heterocycles. The number of aromatic hydroxyl groups is 1. The van der Waals surface area contributed by atoms with Crippen molar-refractivity contribution in [2.24, 2.45) is 0 Å². The number of Topliss-reactive ketones (excluding diaryl/α,β-unsaturated/α-hetero) is 1. The van der Waals surface area contributed by atoms with Crippen LogP contribution in [0.1, 0.15) is 21.5 Å². The molecule has 1 aliphatic rings. The van der Waals surface area contributed by atoms with Gasteiger partial charge in [-0.15, -0.1) is 0 Å². The SMILES string of the molecule is COc1ccc(OC)c(C=C2Oc3cc(C)cc(O)c3C2=O)c1. The highest BCUT2D eigenvalue weighted by atomic mass is 16.5. The van der Waals surface area contributed by atoms with Crippen molar-refractivity contribution in [2.45, 2.75) is 6.92 Å². The van der Waals surface area contributed by atoms with Gasteiger partial charge in [0, 0.05) is 5.56 Å². The molecule has 0 fully saturated rings. The number of ketones is 1. The van der Waals surface area contributed by atoms with E-state index in [2.05, 4.69) is 0 Å². The largest absolute Gasteiger partial charge is 0.507 e. The fourth-order valence-corrected chi connectivity index (χ4v) is 2.52. The predicted molar refractivity (Wildman–Crippen MR) is 85.3 cm³/mol. The van der Waals surface area contributed by atoms with E-state index in [0.717, 1.165) is 5.56 Å². The average Bonchev–Trinajstić information content (AvgIpc) is 2.83. The topological polar surface area (TPSA) is 65.0 Å². The molecule has 1 heterocycles. The van der Waals surface area contributed by atoms with E-state index in [4.69, 9.17) is 14.2 Å². The molecule has 3 rings (SSSR count). The molecule has 5 heteroatoms. The number of phenols is 1. The Balaban J connectivity index is 2.06. The van der Waals surface area contributed by atoms with Gasteiger partial charge in [0.05, 0.1) is 14.2 Å². The van der Waals surface area contributed by atoms with E-state index in [-0.39, 0.29) is 22.9 Å². The Hall–Kier alpha value is -2.95. The molecule has 0 unspecified atom stereocenters. The van der Waals surface area contributed by atoms with Crippen molar-refractivity contribution in [1.29, 1.82) is 0 Å². The maximum absolute atomic E-state index is 12.5. The predicted octanol–water partition coefficient (Wildman–Crippen LogP) is 3.33. The van der Waals surface area contributed by atoms with E-state index >= 15 is 0 Å². The van der Waals surface area contributed by atoms with Gasteiger partial charge in [0.2, 0.25) is 5.78 Å². The molecule has 2 aromatic rings. The summed E-state index contributed by atoms with van der Waals surface area (Å²) in [4.78, 5) is 12.5. The highest BCUT2D eigenvalue weighted by molar-refractivity contribution is 6.16. The van der Waals surface area contributed by atoms with E-state index in [9.17, 15) is 9.90 Å². The Morgan fingerprint density at radius 3 is 2.61 bits per heavy atom. The molecular weight excluding hydrogens is 296 g/mol. The third-order valence-corrected chi connectivity index (χ3v) is 3.62. The Kier molecular flexibility index (Phi) is 3.70. The number of methoxy groups -OCH3 is 2. The normalized spacial score (nSPS) is 14.6. The van der Waals surface area contributed by atoms with Crippen molar-refractivity contribution in [3.63, 3.8) is 0 Å². The number of hydrogen-bond donors (Lipinski definition) is 1. The van der Waals surface area contributed by atoms with Crippen LogP contribution in [-0.2, 0) is 0 Å². The quantitative estimate of drug-likeness (QED) is 0.881. The number of fused-ring (bicyclic) bond motifs is 1. The monoisotopic (exact) mass is 312 g/mol. The van der Waals surface area contributed by atoms with Crippen LogP contribution in [0.15, 0.2) is 36.1 Å². The fraction of sp³-hybridized carbons (Fsp3) is 0.167. The molecule has 0 radical (unpaired) electrons. The zero-order valence-electron chi connectivity index (χ0n) is 13.0. The summed E-state index contributed by atoms with van der Waals surface area (Å²) in [6, 6.07) is 8.52. The number of benzene rings is 2. The van der Waals surface area contributed by atoms with Crippen LogP contribution in [0.2, 0.25) is 0 Å². The third-order valence-electron chi connectivity index (χ3n) is 3.62. The molecular formula is C18H16O5. The first-order chi connectivity index (χ1) is 11.0. The molecule has 23 heavy (non-hydrogen) atoms. The highest BCUT2D eigenvalue weighted by Gasteiger charge is 2.31. The molecule has 0 atom stereocenters. The van der Waals surface area contributed by atoms with Crippen molar-refractivity contribution in [3.05, 3.63) is 52.8 Å². The summed E-state index contributed by atoms with van der Waals surface area (Å²) in [7, 11) is 3.11. The standard InChI is InChI=1S/C18H16O5/c1-10-6-13(19)17-15(7-10)23-16(18(17)20)9-11-8-12(21-2)4-5-14(11)22-3/h4-9,19H,1-3H3. The van der Waals surface area contributed by atoms with Crippen LogP contribution in [0.3, 0.4) is 0 Å². The van der Waals surface area contributed by atoms with E-state index in [0.29, 0.717) is 22.8 Å².